The fourth-order valence-corrected chi connectivity index (χ4v) is 3.63. The number of nitrogens with one attached hydrogen (secondary N) is 2. The molecule has 0 radical (unpaired) electrons. The Hall–Kier alpha value is -1.73. The van der Waals surface area contributed by atoms with E-state index >= 15 is 0 Å². The molecule has 1 fully saturated rings. The second kappa shape index (κ2) is 8.77. The molecule has 0 bridgehead atoms. The first-order valence-corrected chi connectivity index (χ1v) is 9.75. The van der Waals surface area contributed by atoms with Crippen LogP contribution in [0.2, 0.25) is 0 Å². The molecule has 0 atom stereocenters. The summed E-state index contributed by atoms with van der Waals surface area (Å²) in [5.41, 5.74) is 1.09. The Labute approximate surface area is 162 Å². The zero-order valence-electron chi connectivity index (χ0n) is 15.2. The van der Waals surface area contributed by atoms with Crippen LogP contribution in [0.5, 0.6) is 0 Å². The standard InChI is InChI=1S/C19H25BrFN5/c1-26(2)18-9-10-22-19(25-18)24-15-6-4-14(5-7-15)23-12-13-3-8-17(21)16(20)11-13/h3,8-11,14-15,23H,4-7,12H2,1-2H3,(H,22,24,25). The maximum atomic E-state index is 13.3. The lowest BCUT2D eigenvalue weighted by Gasteiger charge is -2.30. The molecule has 2 aromatic rings. The van der Waals surface area contributed by atoms with Crippen LogP contribution in [0.3, 0.4) is 0 Å². The second-order valence-electron chi connectivity index (χ2n) is 6.96. The van der Waals surface area contributed by atoms with Gasteiger partial charge in [0, 0.05) is 38.9 Å². The van der Waals surface area contributed by atoms with Gasteiger partial charge in [0.15, 0.2) is 0 Å². The van der Waals surface area contributed by atoms with Gasteiger partial charge in [-0.2, -0.15) is 4.98 Å². The number of hydrogen-bond acceptors (Lipinski definition) is 5. The van der Waals surface area contributed by atoms with Crippen molar-refractivity contribution in [3.8, 4) is 0 Å². The van der Waals surface area contributed by atoms with Gasteiger partial charge in [0.25, 0.3) is 0 Å². The van der Waals surface area contributed by atoms with E-state index in [0.29, 0.717) is 22.5 Å². The second-order valence-corrected chi connectivity index (χ2v) is 7.81. The van der Waals surface area contributed by atoms with Crippen LogP contribution < -0.4 is 15.5 Å². The van der Waals surface area contributed by atoms with Crippen molar-refractivity contribution in [3.05, 3.63) is 46.3 Å². The molecule has 2 N–H and O–H groups in total. The zero-order chi connectivity index (χ0) is 18.5. The lowest BCUT2D eigenvalue weighted by atomic mass is 9.91. The molecular formula is C19H25BrFN5. The molecule has 7 heteroatoms. The van der Waals surface area contributed by atoms with E-state index in [1.807, 2.05) is 37.2 Å². The van der Waals surface area contributed by atoms with Crippen molar-refractivity contribution >= 4 is 27.7 Å². The Kier molecular flexibility index (Phi) is 6.43. The maximum Gasteiger partial charge on any atom is 0.224 e. The number of anilines is 2. The molecule has 1 aliphatic carbocycles. The Morgan fingerprint density at radius 1 is 1.15 bits per heavy atom. The van der Waals surface area contributed by atoms with Crippen LogP contribution in [-0.4, -0.2) is 36.1 Å². The summed E-state index contributed by atoms with van der Waals surface area (Å²) in [6.45, 7) is 0.760. The van der Waals surface area contributed by atoms with Crippen LogP contribution in [0.15, 0.2) is 34.9 Å². The van der Waals surface area contributed by atoms with E-state index in [4.69, 9.17) is 0 Å². The third kappa shape index (κ3) is 5.14. The maximum absolute atomic E-state index is 13.3. The minimum atomic E-state index is -0.221. The summed E-state index contributed by atoms with van der Waals surface area (Å²) >= 11 is 3.24. The normalized spacial score (nSPS) is 20.0. The first-order valence-electron chi connectivity index (χ1n) is 8.95. The van der Waals surface area contributed by atoms with Gasteiger partial charge in [0.1, 0.15) is 11.6 Å². The lowest BCUT2D eigenvalue weighted by molar-refractivity contribution is 0.352. The number of nitrogens with zero attached hydrogens (tertiary/aromatic N) is 3. The molecule has 5 nitrogen and oxygen atoms in total. The molecule has 0 unspecified atom stereocenters. The van der Waals surface area contributed by atoms with Gasteiger partial charge in [-0.25, -0.2) is 9.37 Å². The monoisotopic (exact) mass is 421 g/mol. The predicted octanol–water partition coefficient (Wildman–Crippen LogP) is 3.96. The minimum absolute atomic E-state index is 0.221. The summed E-state index contributed by atoms with van der Waals surface area (Å²) in [5, 5.41) is 7.04. The van der Waals surface area contributed by atoms with E-state index in [1.165, 1.54) is 6.07 Å². The van der Waals surface area contributed by atoms with E-state index in [2.05, 4.69) is 36.5 Å². The van der Waals surface area contributed by atoms with Gasteiger partial charge in [-0.05, 0) is 65.4 Å². The Morgan fingerprint density at radius 2 is 1.88 bits per heavy atom. The highest BCUT2D eigenvalue weighted by Gasteiger charge is 2.21. The third-order valence-electron chi connectivity index (χ3n) is 4.74. The number of rotatable bonds is 6. The number of halogens is 2. The van der Waals surface area contributed by atoms with Crippen molar-refractivity contribution < 1.29 is 4.39 Å². The molecule has 1 saturated carbocycles. The van der Waals surface area contributed by atoms with E-state index in [-0.39, 0.29) is 5.82 Å². The van der Waals surface area contributed by atoms with Gasteiger partial charge < -0.3 is 15.5 Å². The van der Waals surface area contributed by atoms with Crippen molar-refractivity contribution in [2.75, 3.05) is 24.3 Å². The number of hydrogen-bond donors (Lipinski definition) is 2. The fourth-order valence-electron chi connectivity index (χ4n) is 3.20. The number of aromatic nitrogens is 2. The Bertz CT molecular complexity index is 732. The zero-order valence-corrected chi connectivity index (χ0v) is 16.8. The van der Waals surface area contributed by atoms with E-state index in [0.717, 1.165) is 43.6 Å². The molecule has 3 rings (SSSR count). The summed E-state index contributed by atoms with van der Waals surface area (Å²) in [6.07, 6.45) is 6.17. The van der Waals surface area contributed by atoms with E-state index in [1.54, 1.807) is 6.20 Å². The molecule has 0 aliphatic heterocycles. The quantitative estimate of drug-likeness (QED) is 0.738. The molecule has 0 spiro atoms. The SMILES string of the molecule is CN(C)c1ccnc(NC2CCC(NCc3ccc(F)c(Br)c3)CC2)n1. The summed E-state index contributed by atoms with van der Waals surface area (Å²) in [7, 11) is 3.95. The summed E-state index contributed by atoms with van der Waals surface area (Å²) in [5.74, 6) is 1.38. The van der Waals surface area contributed by atoms with Gasteiger partial charge >= 0.3 is 0 Å². The first kappa shape index (κ1) is 19.0. The van der Waals surface area contributed by atoms with Crippen LogP contribution in [0.25, 0.3) is 0 Å². The van der Waals surface area contributed by atoms with Gasteiger partial charge in [-0.1, -0.05) is 6.07 Å². The first-order chi connectivity index (χ1) is 12.5. The Morgan fingerprint density at radius 3 is 2.58 bits per heavy atom. The summed E-state index contributed by atoms with van der Waals surface area (Å²) < 4.78 is 13.8. The van der Waals surface area contributed by atoms with E-state index in [9.17, 15) is 4.39 Å². The van der Waals surface area contributed by atoms with Gasteiger partial charge in [-0.3, -0.25) is 0 Å². The van der Waals surface area contributed by atoms with Crippen LogP contribution in [-0.2, 0) is 6.54 Å². The van der Waals surface area contributed by atoms with Crippen molar-refractivity contribution in [2.24, 2.45) is 0 Å². The molecule has 0 amide bonds. The molecule has 26 heavy (non-hydrogen) atoms. The highest BCUT2D eigenvalue weighted by molar-refractivity contribution is 9.10. The van der Waals surface area contributed by atoms with Crippen LogP contribution in [0.4, 0.5) is 16.2 Å². The van der Waals surface area contributed by atoms with Gasteiger partial charge in [0.05, 0.1) is 4.47 Å². The largest absolute Gasteiger partial charge is 0.363 e. The smallest absolute Gasteiger partial charge is 0.224 e. The molecule has 140 valence electrons. The lowest BCUT2D eigenvalue weighted by Crippen LogP contribution is -2.36. The minimum Gasteiger partial charge on any atom is -0.363 e. The topological polar surface area (TPSA) is 53.1 Å². The average Bonchev–Trinajstić information content (AvgIpc) is 2.64. The molecule has 0 saturated heterocycles. The summed E-state index contributed by atoms with van der Waals surface area (Å²) in [6, 6.07) is 7.97. The van der Waals surface area contributed by atoms with Crippen molar-refractivity contribution in [1.29, 1.82) is 0 Å². The average molecular weight is 422 g/mol. The van der Waals surface area contributed by atoms with Crippen LogP contribution in [0.1, 0.15) is 31.2 Å². The van der Waals surface area contributed by atoms with Crippen LogP contribution >= 0.6 is 15.9 Å². The van der Waals surface area contributed by atoms with E-state index < -0.39 is 0 Å². The predicted molar refractivity (Wildman–Crippen MR) is 107 cm³/mol. The van der Waals surface area contributed by atoms with Crippen molar-refractivity contribution in [3.63, 3.8) is 0 Å². The molecule has 1 aromatic heterocycles. The van der Waals surface area contributed by atoms with Gasteiger partial charge in [0.2, 0.25) is 5.95 Å². The van der Waals surface area contributed by atoms with Crippen molar-refractivity contribution in [1.82, 2.24) is 15.3 Å². The molecule has 1 aliphatic rings. The highest BCUT2D eigenvalue weighted by atomic mass is 79.9. The molecule has 1 heterocycles. The number of benzene rings is 1. The van der Waals surface area contributed by atoms with Gasteiger partial charge in [-0.15, -0.1) is 0 Å². The molecular weight excluding hydrogens is 397 g/mol. The molecule has 1 aromatic carbocycles. The fraction of sp³-hybridized carbons (Fsp3) is 0.474. The Balaban J connectivity index is 1.45. The van der Waals surface area contributed by atoms with Crippen molar-refractivity contribution in [2.45, 2.75) is 44.3 Å². The third-order valence-corrected chi connectivity index (χ3v) is 5.35. The van der Waals surface area contributed by atoms with Crippen LogP contribution in [0, 0.1) is 5.82 Å². The highest BCUT2D eigenvalue weighted by Crippen LogP contribution is 2.23. The summed E-state index contributed by atoms with van der Waals surface area (Å²) in [4.78, 5) is 10.8.